The third-order valence-electron chi connectivity index (χ3n) is 4.75. The van der Waals surface area contributed by atoms with Gasteiger partial charge in [-0.15, -0.1) is 12.4 Å². The molecule has 0 aliphatic carbocycles. The molecule has 1 aliphatic rings. The SMILES string of the molecule is CNCC1CCCN(C(=O)C(C)(C)c2cccc(C(F)(F)F)c2)C1.Cl. The minimum atomic E-state index is -4.40. The van der Waals surface area contributed by atoms with Crippen LogP contribution in [-0.2, 0) is 16.4 Å². The molecule has 0 radical (unpaired) electrons. The largest absolute Gasteiger partial charge is 0.416 e. The predicted octanol–water partition coefficient (Wildman–Crippen LogP) is 3.86. The van der Waals surface area contributed by atoms with E-state index in [1.54, 1.807) is 24.8 Å². The summed E-state index contributed by atoms with van der Waals surface area (Å²) in [7, 11) is 1.88. The number of halogens is 4. The van der Waals surface area contributed by atoms with Gasteiger partial charge in [0.25, 0.3) is 0 Å². The number of likely N-dealkylation sites (tertiary alicyclic amines) is 1. The summed E-state index contributed by atoms with van der Waals surface area (Å²) in [5.41, 5.74) is -1.30. The summed E-state index contributed by atoms with van der Waals surface area (Å²) in [5, 5.41) is 3.13. The number of carbonyl (C=O) groups is 1. The van der Waals surface area contributed by atoms with E-state index >= 15 is 0 Å². The molecule has 1 amide bonds. The summed E-state index contributed by atoms with van der Waals surface area (Å²) >= 11 is 0. The molecule has 142 valence electrons. The van der Waals surface area contributed by atoms with E-state index in [0.29, 0.717) is 24.6 Å². The van der Waals surface area contributed by atoms with Crippen LogP contribution in [0.25, 0.3) is 0 Å². The highest BCUT2D eigenvalue weighted by Gasteiger charge is 2.38. The van der Waals surface area contributed by atoms with Crippen LogP contribution in [0.3, 0.4) is 0 Å². The van der Waals surface area contributed by atoms with Crippen molar-refractivity contribution < 1.29 is 18.0 Å². The highest BCUT2D eigenvalue weighted by atomic mass is 35.5. The van der Waals surface area contributed by atoms with Gasteiger partial charge in [0.2, 0.25) is 5.91 Å². The van der Waals surface area contributed by atoms with Crippen LogP contribution in [-0.4, -0.2) is 37.5 Å². The average Bonchev–Trinajstić information content (AvgIpc) is 2.54. The summed E-state index contributed by atoms with van der Waals surface area (Å²) in [6, 6.07) is 5.09. The average molecular weight is 379 g/mol. The Hall–Kier alpha value is -1.27. The van der Waals surface area contributed by atoms with Crippen molar-refractivity contribution in [2.75, 3.05) is 26.7 Å². The normalized spacial score (nSPS) is 18.6. The summed E-state index contributed by atoms with van der Waals surface area (Å²) in [6.45, 7) is 5.57. The molecule has 1 aliphatic heterocycles. The fraction of sp³-hybridized carbons (Fsp3) is 0.611. The van der Waals surface area contributed by atoms with Gasteiger partial charge < -0.3 is 10.2 Å². The Balaban J connectivity index is 0.00000312. The third-order valence-corrected chi connectivity index (χ3v) is 4.75. The molecule has 0 saturated carbocycles. The predicted molar refractivity (Wildman–Crippen MR) is 94.9 cm³/mol. The van der Waals surface area contributed by atoms with E-state index < -0.39 is 17.2 Å². The molecule has 1 N–H and O–H groups in total. The molecular weight excluding hydrogens is 353 g/mol. The number of alkyl halides is 3. The molecule has 0 bridgehead atoms. The topological polar surface area (TPSA) is 32.3 Å². The lowest BCUT2D eigenvalue weighted by Crippen LogP contribution is -2.49. The van der Waals surface area contributed by atoms with Crippen molar-refractivity contribution in [2.45, 2.75) is 38.3 Å². The van der Waals surface area contributed by atoms with Crippen LogP contribution in [0.2, 0.25) is 0 Å². The van der Waals surface area contributed by atoms with Gasteiger partial charge in [-0.2, -0.15) is 13.2 Å². The number of carbonyl (C=O) groups excluding carboxylic acids is 1. The van der Waals surface area contributed by atoms with E-state index in [0.717, 1.165) is 31.5 Å². The molecule has 1 saturated heterocycles. The number of piperidine rings is 1. The number of nitrogens with one attached hydrogen (secondary N) is 1. The Morgan fingerprint density at radius 2 is 1.92 bits per heavy atom. The number of hydrogen-bond donors (Lipinski definition) is 1. The van der Waals surface area contributed by atoms with E-state index in [9.17, 15) is 18.0 Å². The van der Waals surface area contributed by atoms with Gasteiger partial charge in [0.1, 0.15) is 0 Å². The smallest absolute Gasteiger partial charge is 0.342 e. The highest BCUT2D eigenvalue weighted by molar-refractivity contribution is 5.87. The monoisotopic (exact) mass is 378 g/mol. The van der Waals surface area contributed by atoms with Gasteiger partial charge in [0, 0.05) is 13.1 Å². The standard InChI is InChI=1S/C18H25F3N2O.ClH/c1-17(2,14-7-4-8-15(10-14)18(19,20)21)16(24)23-9-5-6-13(12-23)11-22-3;/h4,7-8,10,13,22H,5-6,9,11-12H2,1-3H3;1H. The molecule has 0 aromatic heterocycles. The van der Waals surface area contributed by atoms with E-state index in [2.05, 4.69) is 5.32 Å². The summed E-state index contributed by atoms with van der Waals surface area (Å²) in [4.78, 5) is 14.8. The number of benzene rings is 1. The fourth-order valence-corrected chi connectivity index (χ4v) is 3.31. The van der Waals surface area contributed by atoms with Crippen LogP contribution >= 0.6 is 12.4 Å². The zero-order valence-corrected chi connectivity index (χ0v) is 15.6. The van der Waals surface area contributed by atoms with E-state index in [4.69, 9.17) is 0 Å². The van der Waals surface area contributed by atoms with Crippen LogP contribution in [0.5, 0.6) is 0 Å². The highest BCUT2D eigenvalue weighted by Crippen LogP contribution is 2.34. The molecule has 2 rings (SSSR count). The maximum Gasteiger partial charge on any atom is 0.416 e. The van der Waals surface area contributed by atoms with Crippen LogP contribution in [0.4, 0.5) is 13.2 Å². The van der Waals surface area contributed by atoms with Crippen molar-refractivity contribution in [3.63, 3.8) is 0 Å². The first-order valence-corrected chi connectivity index (χ1v) is 8.28. The molecular formula is C18H26ClF3N2O. The Morgan fingerprint density at radius 1 is 1.28 bits per heavy atom. The van der Waals surface area contributed by atoms with Gasteiger partial charge in [-0.05, 0) is 57.8 Å². The van der Waals surface area contributed by atoms with Gasteiger partial charge in [-0.1, -0.05) is 18.2 Å². The number of hydrogen-bond acceptors (Lipinski definition) is 2. The minimum Gasteiger partial charge on any atom is -0.342 e. The van der Waals surface area contributed by atoms with Crippen LogP contribution in [0, 0.1) is 5.92 Å². The number of nitrogens with zero attached hydrogens (tertiary/aromatic N) is 1. The van der Waals surface area contributed by atoms with E-state index in [1.807, 2.05) is 7.05 Å². The van der Waals surface area contributed by atoms with Crippen molar-refractivity contribution in [1.82, 2.24) is 10.2 Å². The van der Waals surface area contributed by atoms with Crippen molar-refractivity contribution >= 4 is 18.3 Å². The van der Waals surface area contributed by atoms with E-state index in [-0.39, 0.29) is 18.3 Å². The van der Waals surface area contributed by atoms with Crippen molar-refractivity contribution in [2.24, 2.45) is 5.92 Å². The maximum atomic E-state index is 13.0. The molecule has 1 heterocycles. The lowest BCUT2D eigenvalue weighted by Gasteiger charge is -2.38. The first kappa shape index (κ1) is 21.8. The van der Waals surface area contributed by atoms with Gasteiger partial charge in [0.15, 0.2) is 0 Å². The zero-order chi connectivity index (χ0) is 18.0. The zero-order valence-electron chi connectivity index (χ0n) is 14.8. The molecule has 3 nitrogen and oxygen atoms in total. The van der Waals surface area contributed by atoms with Crippen molar-refractivity contribution in [3.05, 3.63) is 35.4 Å². The molecule has 1 atom stereocenters. The Labute approximate surface area is 153 Å². The summed E-state index contributed by atoms with van der Waals surface area (Å²) in [6.07, 6.45) is -2.41. The molecule has 1 unspecified atom stereocenters. The fourth-order valence-electron chi connectivity index (χ4n) is 3.31. The second-order valence-corrected chi connectivity index (χ2v) is 7.02. The Kier molecular flexibility index (Phi) is 7.32. The first-order valence-electron chi connectivity index (χ1n) is 8.28. The summed E-state index contributed by atoms with van der Waals surface area (Å²) < 4.78 is 38.8. The van der Waals surface area contributed by atoms with E-state index in [1.165, 1.54) is 6.07 Å². The minimum absolute atomic E-state index is 0. The third kappa shape index (κ3) is 5.11. The second-order valence-electron chi connectivity index (χ2n) is 7.02. The second kappa shape index (κ2) is 8.41. The Bertz CT molecular complexity index is 588. The molecule has 1 aromatic carbocycles. The lowest BCUT2D eigenvalue weighted by molar-refractivity contribution is -0.139. The van der Waals surface area contributed by atoms with Gasteiger partial charge in [-0.3, -0.25) is 4.79 Å². The maximum absolute atomic E-state index is 13.0. The van der Waals surface area contributed by atoms with Crippen LogP contribution < -0.4 is 5.32 Å². The quantitative estimate of drug-likeness (QED) is 0.862. The number of amides is 1. The van der Waals surface area contributed by atoms with Gasteiger partial charge >= 0.3 is 6.18 Å². The van der Waals surface area contributed by atoms with Crippen LogP contribution in [0.1, 0.15) is 37.8 Å². The lowest BCUT2D eigenvalue weighted by atomic mass is 9.81. The van der Waals surface area contributed by atoms with Crippen molar-refractivity contribution in [1.29, 1.82) is 0 Å². The number of rotatable bonds is 4. The van der Waals surface area contributed by atoms with Crippen molar-refractivity contribution in [3.8, 4) is 0 Å². The molecule has 0 spiro atoms. The molecule has 1 fully saturated rings. The molecule has 25 heavy (non-hydrogen) atoms. The molecule has 1 aromatic rings. The molecule has 7 heteroatoms. The Morgan fingerprint density at radius 3 is 2.52 bits per heavy atom. The van der Waals surface area contributed by atoms with Crippen LogP contribution in [0.15, 0.2) is 24.3 Å². The van der Waals surface area contributed by atoms with Gasteiger partial charge in [-0.25, -0.2) is 0 Å². The first-order chi connectivity index (χ1) is 11.2. The van der Waals surface area contributed by atoms with Gasteiger partial charge in [0.05, 0.1) is 11.0 Å². The summed E-state index contributed by atoms with van der Waals surface area (Å²) in [5.74, 6) is 0.285.